The maximum atomic E-state index is 13.7. The summed E-state index contributed by atoms with van der Waals surface area (Å²) in [6.45, 7) is 3.55. The Morgan fingerprint density at radius 3 is 2.50 bits per heavy atom. The van der Waals surface area contributed by atoms with E-state index >= 15 is 0 Å². The van der Waals surface area contributed by atoms with Crippen LogP contribution in [0.25, 0.3) is 21.3 Å². The highest BCUT2D eigenvalue weighted by Gasteiger charge is 2.37. The standard InChI is InChI=1S/C29H35N7O9S3/c1-2-3-13-44-29(38)31-10-16-47(39,40)25(26-35-34-24(45-26)18-32-48(30,41)42)27-33-22-9-8-21(17-23(22)46-27)19-4-6-20(7-5-19)28(37)36-11-14-43-15-12-36/h4-9,17,25,32H,2-3,10-16,18H2,1H3,(H,31,38)(H2,30,41,42). The maximum Gasteiger partial charge on any atom is 0.407 e. The summed E-state index contributed by atoms with van der Waals surface area (Å²) in [6, 6.07) is 12.7. The van der Waals surface area contributed by atoms with Crippen LogP contribution in [0.5, 0.6) is 0 Å². The first-order chi connectivity index (χ1) is 22.9. The molecule has 0 radical (unpaired) electrons. The number of hydrogen-bond donors (Lipinski definition) is 3. The van der Waals surface area contributed by atoms with Crippen molar-refractivity contribution in [3.8, 4) is 11.1 Å². The number of morpholine rings is 1. The summed E-state index contributed by atoms with van der Waals surface area (Å²) < 4.78 is 68.8. The first kappa shape index (κ1) is 35.3. The van der Waals surface area contributed by atoms with Gasteiger partial charge in [-0.15, -0.1) is 21.5 Å². The number of hydrogen-bond acceptors (Lipinski definition) is 13. The number of aromatic nitrogens is 3. The van der Waals surface area contributed by atoms with E-state index in [1.54, 1.807) is 23.1 Å². The summed E-state index contributed by atoms with van der Waals surface area (Å²) in [4.78, 5) is 31.2. The molecule has 258 valence electrons. The number of alkyl carbamates (subject to hydrolysis) is 1. The van der Waals surface area contributed by atoms with Gasteiger partial charge in [-0.3, -0.25) is 4.79 Å². The molecule has 5 rings (SSSR count). The van der Waals surface area contributed by atoms with Gasteiger partial charge in [-0.25, -0.2) is 23.3 Å². The third-order valence-corrected chi connectivity index (χ3v) is 11.0. The molecular weight excluding hydrogens is 687 g/mol. The summed E-state index contributed by atoms with van der Waals surface area (Å²) >= 11 is 1.11. The van der Waals surface area contributed by atoms with Crippen molar-refractivity contribution in [1.82, 2.24) is 30.1 Å². The van der Waals surface area contributed by atoms with E-state index in [9.17, 15) is 26.4 Å². The molecule has 3 heterocycles. The summed E-state index contributed by atoms with van der Waals surface area (Å²) in [5.41, 5.74) is 2.75. The first-order valence-corrected chi connectivity index (χ1v) is 19.1. The largest absolute Gasteiger partial charge is 0.450 e. The zero-order valence-corrected chi connectivity index (χ0v) is 28.4. The van der Waals surface area contributed by atoms with Crippen LogP contribution < -0.4 is 15.2 Å². The smallest absolute Gasteiger partial charge is 0.407 e. The van der Waals surface area contributed by atoms with Gasteiger partial charge in [0, 0.05) is 25.2 Å². The Morgan fingerprint density at radius 1 is 1.06 bits per heavy atom. The highest BCUT2D eigenvalue weighted by molar-refractivity contribution is 7.92. The van der Waals surface area contributed by atoms with Crippen LogP contribution in [0, 0.1) is 0 Å². The Bertz CT molecular complexity index is 1960. The molecule has 0 bridgehead atoms. The molecule has 1 aliphatic heterocycles. The number of fused-ring (bicyclic) bond motifs is 1. The van der Waals surface area contributed by atoms with Crippen molar-refractivity contribution in [3.05, 3.63) is 64.8 Å². The van der Waals surface area contributed by atoms with E-state index < -0.39 is 43.7 Å². The predicted octanol–water partition coefficient (Wildman–Crippen LogP) is 2.14. The zero-order valence-electron chi connectivity index (χ0n) is 26.0. The molecule has 2 aromatic carbocycles. The van der Waals surface area contributed by atoms with Crippen molar-refractivity contribution < 1.29 is 40.3 Å². The van der Waals surface area contributed by atoms with Crippen LogP contribution in [0.15, 0.2) is 46.9 Å². The number of sulfone groups is 1. The molecule has 1 aliphatic rings. The Kier molecular flexibility index (Phi) is 11.4. The lowest BCUT2D eigenvalue weighted by molar-refractivity contribution is 0.0303. The van der Waals surface area contributed by atoms with E-state index in [4.69, 9.17) is 19.0 Å². The van der Waals surface area contributed by atoms with Gasteiger partial charge in [-0.05, 0) is 41.8 Å². The highest BCUT2D eigenvalue weighted by atomic mass is 32.2. The Balaban J connectivity index is 1.39. The summed E-state index contributed by atoms with van der Waals surface area (Å²) in [7, 11) is -8.22. The van der Waals surface area contributed by atoms with Gasteiger partial charge in [0.1, 0.15) is 5.01 Å². The summed E-state index contributed by atoms with van der Waals surface area (Å²) in [6.07, 6.45) is 0.761. The molecular formula is C29H35N7O9S3. The topological polar surface area (TPSA) is 226 Å². The lowest BCUT2D eigenvalue weighted by Gasteiger charge is -2.26. The van der Waals surface area contributed by atoms with Gasteiger partial charge >= 0.3 is 6.09 Å². The van der Waals surface area contributed by atoms with E-state index in [1.807, 2.05) is 35.9 Å². The predicted molar refractivity (Wildman–Crippen MR) is 176 cm³/mol. The van der Waals surface area contributed by atoms with Gasteiger partial charge in [0.15, 0.2) is 15.1 Å². The molecule has 2 amide bonds. The molecule has 0 aliphatic carbocycles. The number of nitrogens with one attached hydrogen (secondary N) is 2. The summed E-state index contributed by atoms with van der Waals surface area (Å²) in [5, 5.41) is 13.7. The van der Waals surface area contributed by atoms with E-state index in [0.29, 0.717) is 48.5 Å². The molecule has 19 heteroatoms. The SMILES string of the molecule is CCCCOC(=O)NCCS(=O)(=O)C(c1nnc(CNS(N)(=O)=O)o1)c1nc2ccc(-c3ccc(C(=O)N4CCOCC4)cc3)cc2s1. The minimum atomic E-state index is -4.14. The lowest BCUT2D eigenvalue weighted by atomic mass is 10.0. The Morgan fingerprint density at radius 2 is 1.79 bits per heavy atom. The number of ether oxygens (including phenoxy) is 2. The first-order valence-electron chi connectivity index (χ1n) is 15.0. The van der Waals surface area contributed by atoms with Gasteiger partial charge in [0.05, 0.1) is 42.3 Å². The van der Waals surface area contributed by atoms with E-state index in [-0.39, 0.29) is 35.8 Å². The molecule has 4 aromatic rings. The Hall–Kier alpha value is -4.01. The molecule has 0 spiro atoms. The summed E-state index contributed by atoms with van der Waals surface area (Å²) in [5.74, 6) is -1.11. The minimum Gasteiger partial charge on any atom is -0.450 e. The third-order valence-electron chi connectivity index (χ3n) is 7.27. The van der Waals surface area contributed by atoms with Crippen LogP contribution in [-0.2, 0) is 36.1 Å². The lowest BCUT2D eigenvalue weighted by Crippen LogP contribution is -2.40. The molecule has 0 saturated carbocycles. The number of nitrogens with zero attached hydrogens (tertiary/aromatic N) is 4. The van der Waals surface area contributed by atoms with Crippen molar-refractivity contribution in [2.24, 2.45) is 5.14 Å². The van der Waals surface area contributed by atoms with Crippen LogP contribution >= 0.6 is 11.3 Å². The zero-order chi connectivity index (χ0) is 34.3. The van der Waals surface area contributed by atoms with Gasteiger partial charge in [-0.2, -0.15) is 13.1 Å². The van der Waals surface area contributed by atoms with Crippen molar-refractivity contribution in [2.45, 2.75) is 31.6 Å². The average molecular weight is 722 g/mol. The quantitative estimate of drug-likeness (QED) is 0.159. The fourth-order valence-electron chi connectivity index (χ4n) is 4.78. The second-order valence-corrected chi connectivity index (χ2v) is 15.4. The molecule has 2 aromatic heterocycles. The number of thiazole rings is 1. The average Bonchev–Trinajstić information content (AvgIpc) is 3.70. The van der Waals surface area contributed by atoms with Gasteiger partial charge in [-0.1, -0.05) is 31.5 Å². The minimum absolute atomic E-state index is 0.0622. The molecule has 1 unspecified atom stereocenters. The molecule has 1 saturated heterocycles. The van der Waals surface area contributed by atoms with Crippen LogP contribution in [0.4, 0.5) is 4.79 Å². The van der Waals surface area contributed by atoms with Crippen LogP contribution in [0.1, 0.15) is 52.2 Å². The van der Waals surface area contributed by atoms with Crippen LogP contribution in [-0.4, -0.2) is 94.1 Å². The number of nitrogens with two attached hydrogens (primary N) is 1. The monoisotopic (exact) mass is 721 g/mol. The van der Waals surface area contributed by atoms with Crippen molar-refractivity contribution in [2.75, 3.05) is 45.2 Å². The molecule has 1 fully saturated rings. The van der Waals surface area contributed by atoms with Crippen molar-refractivity contribution in [1.29, 1.82) is 0 Å². The fraction of sp³-hybridized carbons (Fsp3) is 0.414. The second-order valence-electron chi connectivity index (χ2n) is 10.8. The van der Waals surface area contributed by atoms with Gasteiger partial charge in [0.2, 0.25) is 11.8 Å². The fourth-order valence-corrected chi connectivity index (χ4v) is 8.06. The molecule has 4 N–H and O–H groups in total. The number of rotatable bonds is 14. The van der Waals surface area contributed by atoms with Crippen LogP contribution in [0.2, 0.25) is 0 Å². The number of carbonyl (C=O) groups is 2. The molecule has 16 nitrogen and oxygen atoms in total. The number of unbranched alkanes of at least 4 members (excludes halogenated alkanes) is 1. The van der Waals surface area contributed by atoms with E-state index in [2.05, 4.69) is 20.5 Å². The number of benzene rings is 2. The maximum absolute atomic E-state index is 13.7. The van der Waals surface area contributed by atoms with Crippen molar-refractivity contribution in [3.63, 3.8) is 0 Å². The van der Waals surface area contributed by atoms with Crippen molar-refractivity contribution >= 4 is 53.6 Å². The molecule has 1 atom stereocenters. The highest BCUT2D eigenvalue weighted by Crippen LogP contribution is 2.37. The number of carbonyl (C=O) groups excluding carboxylic acids is 2. The van der Waals surface area contributed by atoms with Crippen LogP contribution in [0.3, 0.4) is 0 Å². The number of amides is 2. The second kappa shape index (κ2) is 15.5. The van der Waals surface area contributed by atoms with Gasteiger partial charge < -0.3 is 24.1 Å². The van der Waals surface area contributed by atoms with E-state index in [1.165, 1.54) is 0 Å². The molecule has 48 heavy (non-hydrogen) atoms. The normalized spacial score (nSPS) is 14.6. The van der Waals surface area contributed by atoms with Gasteiger partial charge in [0.25, 0.3) is 16.1 Å². The Labute approximate surface area is 281 Å². The third kappa shape index (κ3) is 9.11. The van der Waals surface area contributed by atoms with E-state index in [0.717, 1.165) is 28.9 Å².